The molecule has 8 N–H and O–H groups in total. The van der Waals surface area contributed by atoms with Gasteiger partial charge in [0.25, 0.3) is 0 Å². The molecule has 7 rings (SSSR count). The fourth-order valence-corrected chi connectivity index (χ4v) is 13.0. The predicted molar refractivity (Wildman–Crippen MR) is 196 cm³/mol. The number of fused-ring (bicyclic) bond motifs is 5. The van der Waals surface area contributed by atoms with E-state index in [2.05, 4.69) is 6.92 Å². The van der Waals surface area contributed by atoms with E-state index >= 15 is 0 Å². The van der Waals surface area contributed by atoms with E-state index in [0.29, 0.717) is 25.2 Å². The van der Waals surface area contributed by atoms with Crippen molar-refractivity contribution in [3.8, 4) is 0 Å². The number of aliphatic hydroxyl groups is 8. The lowest BCUT2D eigenvalue weighted by Gasteiger charge is -2.65. The zero-order valence-electron chi connectivity index (χ0n) is 33.4. The molecule has 0 spiro atoms. The number of rotatable bonds is 10. The molecule has 4 unspecified atom stereocenters. The maximum absolute atomic E-state index is 12.6. The highest BCUT2D eigenvalue weighted by molar-refractivity contribution is 5.20. The van der Waals surface area contributed by atoms with Crippen LogP contribution in [-0.2, 0) is 28.4 Å². The van der Waals surface area contributed by atoms with Crippen LogP contribution in [0.1, 0.15) is 112 Å². The van der Waals surface area contributed by atoms with Crippen LogP contribution in [0.3, 0.4) is 0 Å². The monoisotopic (exact) mass is 786 g/mol. The number of ether oxygens (including phenoxy) is 6. The van der Waals surface area contributed by atoms with Gasteiger partial charge in [-0.1, -0.05) is 13.8 Å². The molecule has 22 atom stereocenters. The van der Waals surface area contributed by atoms with Crippen LogP contribution >= 0.6 is 0 Å². The van der Waals surface area contributed by atoms with E-state index in [-0.39, 0.29) is 67.7 Å². The van der Waals surface area contributed by atoms with Crippen molar-refractivity contribution >= 4 is 0 Å². The van der Waals surface area contributed by atoms with Gasteiger partial charge in [0.15, 0.2) is 18.9 Å². The van der Waals surface area contributed by atoms with Gasteiger partial charge in [-0.15, -0.1) is 0 Å². The highest BCUT2D eigenvalue weighted by atomic mass is 16.7. The van der Waals surface area contributed by atoms with Crippen molar-refractivity contribution in [2.75, 3.05) is 13.2 Å². The summed E-state index contributed by atoms with van der Waals surface area (Å²) in [5, 5.41) is 86.8. The van der Waals surface area contributed by atoms with Gasteiger partial charge < -0.3 is 69.3 Å². The topological polar surface area (TPSA) is 217 Å². The van der Waals surface area contributed by atoms with Crippen LogP contribution in [0.25, 0.3) is 0 Å². The largest absolute Gasteiger partial charge is 0.396 e. The van der Waals surface area contributed by atoms with Gasteiger partial charge in [-0.25, -0.2) is 0 Å². The average Bonchev–Trinajstić information content (AvgIpc) is 3.41. The van der Waals surface area contributed by atoms with Crippen LogP contribution in [0.15, 0.2) is 0 Å². The Hall–Kier alpha value is -0.560. The van der Waals surface area contributed by atoms with Crippen molar-refractivity contribution in [3.63, 3.8) is 0 Å². The van der Waals surface area contributed by atoms with Crippen LogP contribution in [0.5, 0.6) is 0 Å². The van der Waals surface area contributed by atoms with Crippen LogP contribution in [-0.4, -0.2) is 146 Å². The van der Waals surface area contributed by atoms with Crippen molar-refractivity contribution in [1.29, 1.82) is 0 Å². The molecule has 3 heterocycles. The summed E-state index contributed by atoms with van der Waals surface area (Å²) in [5.74, 6) is 0.412. The van der Waals surface area contributed by atoms with Crippen molar-refractivity contribution in [3.05, 3.63) is 0 Å². The molecule has 4 aliphatic carbocycles. The van der Waals surface area contributed by atoms with Crippen LogP contribution in [0.4, 0.5) is 0 Å². The standard InChI is InChI=1S/C41H70O14/c1-20-36(48)29(44)16-34(50-20)54-38-22(3)52-35(18-31(38)46)55-37-21(2)51-33(17-30(37)45)53-25-8-11-39(4)24(14-25)6-7-27-28(39)15-32(47)40(5)26(9-12-41(27,40)49)23(19-43)10-13-42/h20-38,42-49H,6-19H2,1-5H3/t20-,21-,22-,23?,24-,25+,26-,27-,28+,29+,30+,31+,32-,33?,34?,35?,36-,37-,38-,39+,40+,41+/m1/s1. The van der Waals surface area contributed by atoms with Gasteiger partial charge in [0.1, 0.15) is 18.3 Å². The molecule has 4 saturated carbocycles. The molecule has 7 fully saturated rings. The molecule has 7 aliphatic rings. The van der Waals surface area contributed by atoms with E-state index < -0.39 is 90.9 Å². The van der Waals surface area contributed by atoms with E-state index in [4.69, 9.17) is 28.4 Å². The molecule has 0 radical (unpaired) electrons. The Morgan fingerprint density at radius 2 is 1.24 bits per heavy atom. The second kappa shape index (κ2) is 16.5. The Kier molecular flexibility index (Phi) is 12.8. The van der Waals surface area contributed by atoms with E-state index in [1.54, 1.807) is 13.8 Å². The molecule has 0 amide bonds. The highest BCUT2D eigenvalue weighted by Gasteiger charge is 2.71. The minimum absolute atomic E-state index is 0.0189. The van der Waals surface area contributed by atoms with Crippen LogP contribution in [0.2, 0.25) is 0 Å². The zero-order chi connectivity index (χ0) is 39.6. The quantitative estimate of drug-likeness (QED) is 0.148. The second-order valence-corrected chi connectivity index (χ2v) is 19.0. The molecule has 3 aliphatic heterocycles. The Morgan fingerprint density at radius 3 is 1.80 bits per heavy atom. The predicted octanol–water partition coefficient (Wildman–Crippen LogP) is 1.73. The summed E-state index contributed by atoms with van der Waals surface area (Å²) in [4.78, 5) is 0. The Bertz CT molecular complexity index is 1260. The lowest BCUT2D eigenvalue weighted by Crippen LogP contribution is -2.67. The summed E-state index contributed by atoms with van der Waals surface area (Å²) in [7, 11) is 0. The fourth-order valence-electron chi connectivity index (χ4n) is 13.0. The van der Waals surface area contributed by atoms with Gasteiger partial charge in [0, 0.05) is 37.9 Å². The Labute approximate surface area is 325 Å². The normalized spacial score (nSPS) is 54.9. The first-order valence-electron chi connectivity index (χ1n) is 21.3. The zero-order valence-corrected chi connectivity index (χ0v) is 33.4. The maximum atomic E-state index is 12.6. The molecular formula is C41H70O14. The summed E-state index contributed by atoms with van der Waals surface area (Å²) in [6, 6.07) is 0. The van der Waals surface area contributed by atoms with Crippen molar-refractivity contribution < 1.29 is 69.3 Å². The molecule has 55 heavy (non-hydrogen) atoms. The molecule has 318 valence electrons. The van der Waals surface area contributed by atoms with Crippen molar-refractivity contribution in [2.24, 2.45) is 40.4 Å². The van der Waals surface area contributed by atoms with Gasteiger partial charge >= 0.3 is 0 Å². The Balaban J connectivity index is 0.911. The third kappa shape index (κ3) is 7.60. The number of hydrogen-bond donors (Lipinski definition) is 8. The molecule has 0 aromatic rings. The lowest BCUT2D eigenvalue weighted by atomic mass is 9.42. The van der Waals surface area contributed by atoms with Crippen molar-refractivity contribution in [2.45, 2.75) is 203 Å². The molecular weight excluding hydrogens is 716 g/mol. The third-order valence-corrected chi connectivity index (χ3v) is 16.2. The summed E-state index contributed by atoms with van der Waals surface area (Å²) in [6.07, 6.45) is -2.67. The number of hydrogen-bond acceptors (Lipinski definition) is 14. The molecule has 0 aromatic carbocycles. The third-order valence-electron chi connectivity index (χ3n) is 16.2. The molecule has 3 saturated heterocycles. The minimum atomic E-state index is -1.02. The fraction of sp³-hybridized carbons (Fsp3) is 1.00. The average molecular weight is 787 g/mol. The molecule has 14 nitrogen and oxygen atoms in total. The highest BCUT2D eigenvalue weighted by Crippen LogP contribution is 2.70. The smallest absolute Gasteiger partial charge is 0.161 e. The maximum Gasteiger partial charge on any atom is 0.161 e. The second-order valence-electron chi connectivity index (χ2n) is 19.0. The van der Waals surface area contributed by atoms with Gasteiger partial charge in [-0.05, 0) is 114 Å². The SMILES string of the molecule is C[C@H]1OC(O[C@H]2[C@@H](O)CC(O[C@H]3[C@@H](O)CC(O[C@H]4CC[C@@]5(C)[C@H](CC[C@@H]6[C@@H]5C[C@@H](O)[C@]5(C)[C@@H](C(CO)CCO)CC[C@]65O)C4)O[C@@H]3C)O[C@@H]2C)C[C@H](O)[C@@H]1O. The Morgan fingerprint density at radius 1 is 0.655 bits per heavy atom. The van der Waals surface area contributed by atoms with E-state index in [9.17, 15) is 40.9 Å². The van der Waals surface area contributed by atoms with Gasteiger partial charge in [-0.3, -0.25) is 0 Å². The van der Waals surface area contributed by atoms with Crippen LogP contribution in [0, 0.1) is 40.4 Å². The lowest BCUT2D eigenvalue weighted by molar-refractivity contribution is -0.336. The number of aliphatic hydroxyl groups excluding tert-OH is 7. The summed E-state index contributed by atoms with van der Waals surface area (Å²) >= 11 is 0. The molecule has 14 heteroatoms. The first kappa shape index (κ1) is 42.6. The first-order chi connectivity index (χ1) is 26.0. The van der Waals surface area contributed by atoms with Gasteiger partial charge in [-0.2, -0.15) is 0 Å². The summed E-state index contributed by atoms with van der Waals surface area (Å²) in [5.41, 5.74) is -1.80. The summed E-state index contributed by atoms with van der Waals surface area (Å²) < 4.78 is 36.8. The van der Waals surface area contributed by atoms with E-state index in [1.165, 1.54) is 0 Å². The molecule has 0 aromatic heterocycles. The summed E-state index contributed by atoms with van der Waals surface area (Å²) in [6.45, 7) is 9.56. The van der Waals surface area contributed by atoms with E-state index in [0.717, 1.165) is 38.5 Å². The van der Waals surface area contributed by atoms with Gasteiger partial charge in [0.2, 0.25) is 0 Å². The first-order valence-corrected chi connectivity index (χ1v) is 21.3. The minimum Gasteiger partial charge on any atom is -0.396 e. The molecule has 0 bridgehead atoms. The van der Waals surface area contributed by atoms with E-state index in [1.807, 2.05) is 13.8 Å². The van der Waals surface area contributed by atoms with Crippen LogP contribution < -0.4 is 0 Å². The van der Waals surface area contributed by atoms with Gasteiger partial charge in [0.05, 0.1) is 54.4 Å². The van der Waals surface area contributed by atoms with Crippen molar-refractivity contribution in [1.82, 2.24) is 0 Å².